The molecule has 0 radical (unpaired) electrons. The quantitative estimate of drug-likeness (QED) is 0.524. The molecule has 3 aromatic rings. The van der Waals surface area contributed by atoms with Crippen molar-refractivity contribution in [1.82, 2.24) is 9.47 Å². The van der Waals surface area contributed by atoms with Crippen molar-refractivity contribution in [3.05, 3.63) is 82.2 Å². The molecule has 4 rings (SSSR count). The molecule has 1 aromatic heterocycles. The number of sulfone groups is 1. The van der Waals surface area contributed by atoms with Crippen molar-refractivity contribution in [2.75, 3.05) is 19.3 Å². The van der Waals surface area contributed by atoms with Crippen LogP contribution in [0.3, 0.4) is 0 Å². The molecule has 1 amide bonds. The molecule has 0 spiro atoms. The second kappa shape index (κ2) is 9.90. The zero-order chi connectivity index (χ0) is 24.3. The summed E-state index contributed by atoms with van der Waals surface area (Å²) in [4.78, 5) is 26.8. The standard InChI is InChI=1S/C24H23ClN2O6S/c1-34(30,31)20-8-6-17(7-9-20)27-15-12-19(16-23(27)28)32-18-10-13-26(14-11-18)24(29)33-22-5-3-2-4-21(22)25/h2-9,12,15-16,18H,10-11,13-14H2,1H3. The van der Waals surface area contributed by atoms with Crippen molar-refractivity contribution in [3.63, 3.8) is 0 Å². The third-order valence-corrected chi connectivity index (χ3v) is 6.91. The van der Waals surface area contributed by atoms with Gasteiger partial charge in [-0.3, -0.25) is 9.36 Å². The molecule has 0 N–H and O–H groups in total. The van der Waals surface area contributed by atoms with E-state index in [0.717, 1.165) is 6.26 Å². The van der Waals surface area contributed by atoms with Crippen LogP contribution in [0.2, 0.25) is 5.02 Å². The second-order valence-electron chi connectivity index (χ2n) is 7.94. The van der Waals surface area contributed by atoms with Gasteiger partial charge in [-0.1, -0.05) is 23.7 Å². The largest absolute Gasteiger partial charge is 0.490 e. The zero-order valence-electron chi connectivity index (χ0n) is 18.4. The normalized spacial score (nSPS) is 14.6. The number of pyridine rings is 1. The lowest BCUT2D eigenvalue weighted by Crippen LogP contribution is -2.43. The van der Waals surface area contributed by atoms with E-state index in [1.165, 1.54) is 22.8 Å². The van der Waals surface area contributed by atoms with Gasteiger partial charge in [-0.15, -0.1) is 0 Å². The maximum absolute atomic E-state index is 12.6. The van der Waals surface area contributed by atoms with Crippen LogP contribution in [0.15, 0.2) is 76.6 Å². The number of nitrogens with zero attached hydrogens (tertiary/aromatic N) is 2. The van der Waals surface area contributed by atoms with Crippen LogP contribution in [0.1, 0.15) is 12.8 Å². The molecule has 1 aliphatic rings. The van der Waals surface area contributed by atoms with Gasteiger partial charge < -0.3 is 14.4 Å². The van der Waals surface area contributed by atoms with Crippen LogP contribution in [0, 0.1) is 0 Å². The fourth-order valence-electron chi connectivity index (χ4n) is 3.64. The number of hydrogen-bond acceptors (Lipinski definition) is 6. The van der Waals surface area contributed by atoms with Crippen molar-refractivity contribution < 1.29 is 22.7 Å². The summed E-state index contributed by atoms with van der Waals surface area (Å²) in [6.07, 6.45) is 3.29. The van der Waals surface area contributed by atoms with E-state index in [1.54, 1.807) is 53.6 Å². The van der Waals surface area contributed by atoms with E-state index in [0.29, 0.717) is 48.1 Å². The van der Waals surface area contributed by atoms with Gasteiger partial charge in [0.05, 0.1) is 9.92 Å². The Hall–Kier alpha value is -3.30. The highest BCUT2D eigenvalue weighted by Gasteiger charge is 2.26. The van der Waals surface area contributed by atoms with Gasteiger partial charge in [-0.2, -0.15) is 0 Å². The molecule has 1 aliphatic heterocycles. The lowest BCUT2D eigenvalue weighted by Gasteiger charge is -2.31. The molecule has 0 atom stereocenters. The summed E-state index contributed by atoms with van der Waals surface area (Å²) >= 11 is 6.04. The van der Waals surface area contributed by atoms with Gasteiger partial charge in [-0.25, -0.2) is 13.2 Å². The topological polar surface area (TPSA) is 94.9 Å². The number of benzene rings is 2. The molecule has 34 heavy (non-hydrogen) atoms. The van der Waals surface area contributed by atoms with E-state index in [9.17, 15) is 18.0 Å². The van der Waals surface area contributed by atoms with Gasteiger partial charge in [-0.05, 0) is 42.5 Å². The molecule has 0 bridgehead atoms. The fourth-order valence-corrected chi connectivity index (χ4v) is 4.44. The zero-order valence-corrected chi connectivity index (χ0v) is 20.0. The molecular weight excluding hydrogens is 480 g/mol. The molecule has 8 nitrogen and oxygen atoms in total. The Kier molecular flexibility index (Phi) is 6.95. The lowest BCUT2D eigenvalue weighted by atomic mass is 10.1. The average Bonchev–Trinajstić information content (AvgIpc) is 2.81. The van der Waals surface area contributed by atoms with E-state index >= 15 is 0 Å². The van der Waals surface area contributed by atoms with Gasteiger partial charge in [0, 0.05) is 50.1 Å². The number of ether oxygens (including phenoxy) is 2. The highest BCUT2D eigenvalue weighted by Crippen LogP contribution is 2.25. The Morgan fingerprint density at radius 2 is 1.71 bits per heavy atom. The SMILES string of the molecule is CS(=O)(=O)c1ccc(-n2ccc(OC3CCN(C(=O)Oc4ccccc4Cl)CC3)cc2=O)cc1. The first kappa shape index (κ1) is 23.8. The predicted octanol–water partition coefficient (Wildman–Crippen LogP) is 3.94. The monoisotopic (exact) mass is 502 g/mol. The first-order valence-corrected chi connectivity index (χ1v) is 12.9. The van der Waals surface area contributed by atoms with E-state index in [1.807, 2.05) is 0 Å². The first-order valence-electron chi connectivity index (χ1n) is 10.6. The summed E-state index contributed by atoms with van der Waals surface area (Å²) in [5.74, 6) is 0.755. The number of para-hydroxylation sites is 1. The Balaban J connectivity index is 1.34. The lowest BCUT2D eigenvalue weighted by molar-refractivity contribution is 0.0929. The molecule has 178 valence electrons. The fraction of sp³-hybridized carbons (Fsp3) is 0.250. The molecule has 0 unspecified atom stereocenters. The molecular formula is C24H23ClN2O6S. The third kappa shape index (κ3) is 5.60. The molecule has 0 saturated carbocycles. The summed E-state index contributed by atoms with van der Waals surface area (Å²) in [5, 5.41) is 0.371. The number of likely N-dealkylation sites (tertiary alicyclic amines) is 1. The average molecular weight is 503 g/mol. The predicted molar refractivity (Wildman–Crippen MR) is 128 cm³/mol. The molecule has 2 aromatic carbocycles. The number of halogens is 1. The number of aromatic nitrogens is 1. The van der Waals surface area contributed by atoms with Crippen LogP contribution in [0.25, 0.3) is 5.69 Å². The number of hydrogen-bond donors (Lipinski definition) is 0. The number of piperidine rings is 1. The summed E-state index contributed by atoms with van der Waals surface area (Å²) in [6, 6.07) is 16.0. The van der Waals surface area contributed by atoms with Crippen LogP contribution in [-0.4, -0.2) is 49.4 Å². The highest BCUT2D eigenvalue weighted by atomic mass is 35.5. The first-order chi connectivity index (χ1) is 16.2. The Morgan fingerprint density at radius 3 is 2.32 bits per heavy atom. The number of carbonyl (C=O) groups excluding carboxylic acids is 1. The number of carbonyl (C=O) groups is 1. The van der Waals surface area contributed by atoms with Gasteiger partial charge in [0.2, 0.25) is 0 Å². The summed E-state index contributed by atoms with van der Waals surface area (Å²) in [5.41, 5.74) is 0.250. The van der Waals surface area contributed by atoms with Crippen molar-refractivity contribution in [2.24, 2.45) is 0 Å². The molecule has 1 fully saturated rings. The van der Waals surface area contributed by atoms with E-state index in [4.69, 9.17) is 21.1 Å². The van der Waals surface area contributed by atoms with Crippen molar-refractivity contribution in [1.29, 1.82) is 0 Å². The minimum absolute atomic E-state index is 0.145. The molecule has 10 heteroatoms. The molecule has 0 aliphatic carbocycles. The summed E-state index contributed by atoms with van der Waals surface area (Å²) in [7, 11) is -3.31. The van der Waals surface area contributed by atoms with E-state index in [-0.39, 0.29) is 16.6 Å². The minimum atomic E-state index is -3.31. The van der Waals surface area contributed by atoms with Crippen LogP contribution >= 0.6 is 11.6 Å². The second-order valence-corrected chi connectivity index (χ2v) is 10.4. The Labute approximate surface area is 202 Å². The van der Waals surface area contributed by atoms with Crippen molar-refractivity contribution in [3.8, 4) is 17.2 Å². The van der Waals surface area contributed by atoms with Gasteiger partial charge >= 0.3 is 6.09 Å². The van der Waals surface area contributed by atoms with Crippen LogP contribution in [0.5, 0.6) is 11.5 Å². The molecule has 2 heterocycles. The van der Waals surface area contributed by atoms with Crippen LogP contribution < -0.4 is 15.0 Å². The third-order valence-electron chi connectivity index (χ3n) is 5.47. The van der Waals surface area contributed by atoms with E-state index < -0.39 is 15.9 Å². The minimum Gasteiger partial charge on any atom is -0.490 e. The summed E-state index contributed by atoms with van der Waals surface area (Å²) in [6.45, 7) is 0.912. The highest BCUT2D eigenvalue weighted by molar-refractivity contribution is 7.90. The maximum atomic E-state index is 12.6. The maximum Gasteiger partial charge on any atom is 0.415 e. The van der Waals surface area contributed by atoms with Crippen molar-refractivity contribution in [2.45, 2.75) is 23.8 Å². The van der Waals surface area contributed by atoms with Crippen molar-refractivity contribution >= 4 is 27.5 Å². The van der Waals surface area contributed by atoms with Gasteiger partial charge in [0.1, 0.15) is 11.9 Å². The van der Waals surface area contributed by atoms with Gasteiger partial charge in [0.15, 0.2) is 15.6 Å². The van der Waals surface area contributed by atoms with Crippen LogP contribution in [-0.2, 0) is 9.84 Å². The summed E-state index contributed by atoms with van der Waals surface area (Å²) < 4.78 is 36.0. The van der Waals surface area contributed by atoms with Crippen LogP contribution in [0.4, 0.5) is 4.79 Å². The number of rotatable bonds is 5. The number of amides is 1. The molecule has 1 saturated heterocycles. The Bertz CT molecular complexity index is 1350. The van der Waals surface area contributed by atoms with E-state index in [2.05, 4.69) is 0 Å². The van der Waals surface area contributed by atoms with Gasteiger partial charge in [0.25, 0.3) is 5.56 Å². The smallest absolute Gasteiger partial charge is 0.415 e. The Morgan fingerprint density at radius 1 is 1.03 bits per heavy atom.